The van der Waals surface area contributed by atoms with Crippen LogP contribution in [0.4, 0.5) is 13.2 Å². The van der Waals surface area contributed by atoms with Crippen molar-refractivity contribution < 1.29 is 45.5 Å². The summed E-state index contributed by atoms with van der Waals surface area (Å²) < 4.78 is 72.5. The lowest BCUT2D eigenvalue weighted by Gasteiger charge is -2.24. The third-order valence-corrected chi connectivity index (χ3v) is 7.13. The number of nitrogens with zero attached hydrogens (tertiary/aromatic N) is 1. The molecule has 0 radical (unpaired) electrons. The van der Waals surface area contributed by atoms with Crippen LogP contribution in [-0.4, -0.2) is 62.5 Å². The van der Waals surface area contributed by atoms with Crippen molar-refractivity contribution in [2.75, 3.05) is 26.0 Å². The lowest BCUT2D eigenvalue weighted by Crippen LogP contribution is -2.36. The van der Waals surface area contributed by atoms with Crippen LogP contribution in [0.3, 0.4) is 0 Å². The standard InChI is InChI=1S/C21H24F3NO7S/c1-4-25(3)16(28)11-32-20-15(33(30,31)5-2)10-9-12(18(20)21(22,23)24)19(29)17-13(26)7-6-8-14(17)27/h9-10,17H,4-8,11H2,1-3H3. The second-order valence-electron chi connectivity index (χ2n) is 7.50. The second kappa shape index (κ2) is 10.0. The van der Waals surface area contributed by atoms with Gasteiger partial charge in [-0.3, -0.25) is 19.2 Å². The molecule has 1 aromatic rings. The Morgan fingerprint density at radius 2 is 1.70 bits per heavy atom. The summed E-state index contributed by atoms with van der Waals surface area (Å²) in [4.78, 5) is 49.7. The van der Waals surface area contributed by atoms with Gasteiger partial charge in [-0.2, -0.15) is 13.2 Å². The van der Waals surface area contributed by atoms with Gasteiger partial charge in [0, 0.05) is 32.0 Å². The number of ether oxygens (including phenoxy) is 1. The van der Waals surface area contributed by atoms with Gasteiger partial charge in [0.15, 0.2) is 39.5 Å². The molecule has 0 spiro atoms. The van der Waals surface area contributed by atoms with Gasteiger partial charge in [0.1, 0.15) is 16.4 Å². The summed E-state index contributed by atoms with van der Waals surface area (Å²) in [5.74, 6) is -7.36. The van der Waals surface area contributed by atoms with Crippen LogP contribution in [0, 0.1) is 5.92 Å². The molecule has 0 N–H and O–H groups in total. The molecule has 12 heteroatoms. The van der Waals surface area contributed by atoms with E-state index in [1.165, 1.54) is 14.0 Å². The summed E-state index contributed by atoms with van der Waals surface area (Å²) in [5, 5.41) is 0. The van der Waals surface area contributed by atoms with Gasteiger partial charge in [-0.05, 0) is 25.5 Å². The number of amides is 1. The zero-order valence-corrected chi connectivity index (χ0v) is 19.1. The number of halogens is 3. The molecule has 1 amide bonds. The Morgan fingerprint density at radius 1 is 1.12 bits per heavy atom. The van der Waals surface area contributed by atoms with Crippen LogP contribution in [0.1, 0.15) is 49.0 Å². The number of rotatable bonds is 8. The predicted molar refractivity (Wildman–Crippen MR) is 110 cm³/mol. The number of alkyl halides is 3. The number of likely N-dealkylation sites (N-methyl/N-ethyl adjacent to an activating group) is 1. The summed E-state index contributed by atoms with van der Waals surface area (Å²) in [7, 11) is -2.89. The van der Waals surface area contributed by atoms with E-state index in [0.717, 1.165) is 11.0 Å². The summed E-state index contributed by atoms with van der Waals surface area (Å²) in [6.07, 6.45) is -5.36. The molecule has 1 saturated carbocycles. The number of benzene rings is 1. The molecule has 0 atom stereocenters. The van der Waals surface area contributed by atoms with Crippen LogP contribution in [0.15, 0.2) is 17.0 Å². The smallest absolute Gasteiger partial charge is 0.420 e. The second-order valence-corrected chi connectivity index (χ2v) is 9.74. The highest BCUT2D eigenvalue weighted by Gasteiger charge is 2.45. The number of sulfone groups is 1. The third kappa shape index (κ3) is 5.60. The minimum atomic E-state index is -5.29. The van der Waals surface area contributed by atoms with E-state index in [-0.39, 0.29) is 25.8 Å². The largest absolute Gasteiger partial charge is 0.482 e. The van der Waals surface area contributed by atoms with Gasteiger partial charge in [-0.25, -0.2) is 8.42 Å². The maximum absolute atomic E-state index is 14.2. The Balaban J connectivity index is 2.74. The van der Waals surface area contributed by atoms with E-state index in [1.54, 1.807) is 6.92 Å². The van der Waals surface area contributed by atoms with Gasteiger partial charge < -0.3 is 9.64 Å². The quantitative estimate of drug-likeness (QED) is 0.405. The molecule has 2 rings (SSSR count). The molecule has 33 heavy (non-hydrogen) atoms. The molecule has 0 heterocycles. The Hall–Kier alpha value is -2.76. The molecule has 1 aliphatic carbocycles. The molecule has 182 valence electrons. The minimum Gasteiger partial charge on any atom is -0.482 e. The highest BCUT2D eigenvalue weighted by Crippen LogP contribution is 2.43. The van der Waals surface area contributed by atoms with Crippen LogP contribution in [0.25, 0.3) is 0 Å². The van der Waals surface area contributed by atoms with Crippen molar-refractivity contribution in [2.24, 2.45) is 5.92 Å². The molecule has 0 saturated heterocycles. The first-order chi connectivity index (χ1) is 15.3. The summed E-state index contributed by atoms with van der Waals surface area (Å²) in [6.45, 7) is 2.13. The van der Waals surface area contributed by atoms with Gasteiger partial charge >= 0.3 is 6.18 Å². The van der Waals surface area contributed by atoms with Gasteiger partial charge in [-0.15, -0.1) is 0 Å². The van der Waals surface area contributed by atoms with Crippen molar-refractivity contribution in [1.29, 1.82) is 0 Å². The maximum atomic E-state index is 14.2. The predicted octanol–water partition coefficient (Wildman–Crippen LogP) is 2.48. The van der Waals surface area contributed by atoms with Crippen LogP contribution in [-0.2, 0) is 30.4 Å². The lowest BCUT2D eigenvalue weighted by molar-refractivity contribution is -0.141. The van der Waals surface area contributed by atoms with Gasteiger partial charge in [0.05, 0.1) is 5.75 Å². The third-order valence-electron chi connectivity index (χ3n) is 5.38. The van der Waals surface area contributed by atoms with Crippen LogP contribution < -0.4 is 4.74 Å². The fourth-order valence-electron chi connectivity index (χ4n) is 3.37. The lowest BCUT2D eigenvalue weighted by atomic mass is 9.80. The molecule has 0 aromatic heterocycles. The molecule has 0 aliphatic heterocycles. The number of hydrogen-bond donors (Lipinski definition) is 0. The number of ketones is 3. The topological polar surface area (TPSA) is 115 Å². The van der Waals surface area contributed by atoms with E-state index < -0.39 is 79.3 Å². The summed E-state index contributed by atoms with van der Waals surface area (Å²) in [6, 6.07) is 1.40. The van der Waals surface area contributed by atoms with E-state index >= 15 is 0 Å². The minimum absolute atomic E-state index is 0.132. The van der Waals surface area contributed by atoms with Crippen molar-refractivity contribution in [2.45, 2.75) is 44.2 Å². The Labute approximate surface area is 189 Å². The fraction of sp³-hybridized carbons (Fsp3) is 0.524. The summed E-state index contributed by atoms with van der Waals surface area (Å²) in [5.41, 5.74) is -2.79. The number of Topliss-reactive ketones (excluding diaryl/α,β-unsaturated/α-hetero) is 3. The van der Waals surface area contributed by atoms with E-state index in [4.69, 9.17) is 4.74 Å². The highest BCUT2D eigenvalue weighted by molar-refractivity contribution is 7.91. The first-order valence-corrected chi connectivity index (χ1v) is 11.8. The number of carbonyl (C=O) groups excluding carboxylic acids is 4. The van der Waals surface area contributed by atoms with E-state index in [0.29, 0.717) is 6.07 Å². The first-order valence-electron chi connectivity index (χ1n) is 10.2. The summed E-state index contributed by atoms with van der Waals surface area (Å²) >= 11 is 0. The molecule has 1 aliphatic rings. The van der Waals surface area contributed by atoms with Crippen molar-refractivity contribution in [3.05, 3.63) is 23.3 Å². The molecule has 1 aromatic carbocycles. The SMILES string of the molecule is CCN(C)C(=O)COc1c(S(=O)(=O)CC)ccc(C(=O)C2C(=O)CCCC2=O)c1C(F)(F)F. The van der Waals surface area contributed by atoms with Gasteiger partial charge in [0.25, 0.3) is 5.91 Å². The molecular formula is C21H24F3NO7S. The van der Waals surface area contributed by atoms with Gasteiger partial charge in [-0.1, -0.05) is 6.92 Å². The normalized spacial score (nSPS) is 15.5. The van der Waals surface area contributed by atoms with Crippen LogP contribution >= 0.6 is 0 Å². The van der Waals surface area contributed by atoms with Crippen molar-refractivity contribution in [1.82, 2.24) is 4.90 Å². The Bertz CT molecular complexity index is 1060. The number of hydrogen-bond acceptors (Lipinski definition) is 7. The highest BCUT2D eigenvalue weighted by atomic mass is 32.2. The van der Waals surface area contributed by atoms with Crippen LogP contribution in [0.2, 0.25) is 0 Å². The molecular weight excluding hydrogens is 467 g/mol. The maximum Gasteiger partial charge on any atom is 0.420 e. The Morgan fingerprint density at radius 3 is 2.18 bits per heavy atom. The van der Waals surface area contributed by atoms with Crippen LogP contribution in [0.5, 0.6) is 5.75 Å². The zero-order valence-electron chi connectivity index (χ0n) is 18.3. The first kappa shape index (κ1) is 26.5. The van der Waals surface area contributed by atoms with Crippen molar-refractivity contribution >= 4 is 33.1 Å². The average molecular weight is 491 g/mol. The van der Waals surface area contributed by atoms with Crippen molar-refractivity contribution in [3.8, 4) is 5.75 Å². The average Bonchev–Trinajstić information content (AvgIpc) is 2.75. The van der Waals surface area contributed by atoms with E-state index in [9.17, 15) is 40.8 Å². The number of carbonyl (C=O) groups is 4. The van der Waals surface area contributed by atoms with E-state index in [1.807, 2.05) is 0 Å². The zero-order chi connectivity index (χ0) is 25.1. The Kier molecular flexibility index (Phi) is 8.04. The molecule has 1 fully saturated rings. The molecule has 0 unspecified atom stereocenters. The fourth-order valence-corrected chi connectivity index (χ4v) is 4.40. The van der Waals surface area contributed by atoms with Crippen molar-refractivity contribution in [3.63, 3.8) is 0 Å². The monoisotopic (exact) mass is 491 g/mol. The van der Waals surface area contributed by atoms with E-state index in [2.05, 4.69) is 0 Å². The van der Waals surface area contributed by atoms with Gasteiger partial charge in [0.2, 0.25) is 0 Å². The molecule has 8 nitrogen and oxygen atoms in total. The molecule has 0 bridgehead atoms.